The Morgan fingerprint density at radius 3 is 2.68 bits per heavy atom. The number of carbonyl (C=O) groups excluding carboxylic acids is 3. The van der Waals surface area contributed by atoms with Crippen LogP contribution < -0.4 is 5.32 Å². The number of carbonyl (C=O) groups is 3. The number of amides is 3. The van der Waals surface area contributed by atoms with Crippen LogP contribution in [0.1, 0.15) is 34.5 Å². The highest BCUT2D eigenvalue weighted by Crippen LogP contribution is 2.35. The van der Waals surface area contributed by atoms with Gasteiger partial charge in [-0.1, -0.05) is 6.07 Å². The molecule has 0 aliphatic carbocycles. The van der Waals surface area contributed by atoms with E-state index in [4.69, 9.17) is 0 Å². The zero-order valence-corrected chi connectivity index (χ0v) is 17.3. The molecule has 1 unspecified atom stereocenters. The number of aryl methyl sites for hydroxylation is 2. The zero-order valence-electron chi connectivity index (χ0n) is 17.3. The molecule has 31 heavy (non-hydrogen) atoms. The van der Waals surface area contributed by atoms with E-state index in [1.54, 1.807) is 11.1 Å². The van der Waals surface area contributed by atoms with Crippen molar-refractivity contribution in [3.63, 3.8) is 0 Å². The van der Waals surface area contributed by atoms with Gasteiger partial charge in [-0.2, -0.15) is 5.10 Å². The average Bonchev–Trinajstić information content (AvgIpc) is 3.28. The third-order valence-corrected chi connectivity index (χ3v) is 5.94. The molecular weight excluding hydrogens is 394 g/mol. The first-order chi connectivity index (χ1) is 14.9. The first kappa shape index (κ1) is 19.2. The molecule has 0 bridgehead atoms. The van der Waals surface area contributed by atoms with Gasteiger partial charge in [0, 0.05) is 48.6 Å². The highest BCUT2D eigenvalue weighted by Gasteiger charge is 2.39. The molecule has 0 radical (unpaired) electrons. The van der Waals surface area contributed by atoms with Crippen molar-refractivity contribution < 1.29 is 14.4 Å². The molecule has 3 aromatic rings. The maximum atomic E-state index is 12.9. The van der Waals surface area contributed by atoms with E-state index >= 15 is 0 Å². The van der Waals surface area contributed by atoms with Crippen LogP contribution in [0.2, 0.25) is 0 Å². The molecule has 156 valence electrons. The topological polar surface area (TPSA) is 97.2 Å². The molecule has 5 rings (SSSR count). The summed E-state index contributed by atoms with van der Waals surface area (Å²) in [6.45, 7) is 2.29. The van der Waals surface area contributed by atoms with E-state index in [0.29, 0.717) is 18.5 Å². The van der Waals surface area contributed by atoms with E-state index in [1.165, 1.54) is 0 Å². The summed E-state index contributed by atoms with van der Waals surface area (Å²) in [4.78, 5) is 42.5. The van der Waals surface area contributed by atoms with Gasteiger partial charge in [0.05, 0.1) is 11.9 Å². The fraction of sp³-hybridized carbons (Fsp3) is 0.261. The molecule has 0 saturated carbocycles. The summed E-state index contributed by atoms with van der Waals surface area (Å²) in [6.07, 6.45) is 4.19. The monoisotopic (exact) mass is 415 g/mol. The summed E-state index contributed by atoms with van der Waals surface area (Å²) in [7, 11) is 1.90. The molecule has 3 amide bonds. The van der Waals surface area contributed by atoms with Gasteiger partial charge in [-0.05, 0) is 48.7 Å². The Labute approximate surface area is 178 Å². The van der Waals surface area contributed by atoms with Crippen molar-refractivity contribution in [2.45, 2.75) is 32.4 Å². The lowest BCUT2D eigenvalue weighted by atomic mass is 9.98. The fourth-order valence-electron chi connectivity index (χ4n) is 4.43. The van der Waals surface area contributed by atoms with Gasteiger partial charge >= 0.3 is 0 Å². The highest BCUT2D eigenvalue weighted by atomic mass is 16.2. The van der Waals surface area contributed by atoms with Crippen LogP contribution >= 0.6 is 0 Å². The van der Waals surface area contributed by atoms with Gasteiger partial charge in [0.25, 0.3) is 5.91 Å². The van der Waals surface area contributed by atoms with Crippen molar-refractivity contribution in [2.24, 2.45) is 7.05 Å². The molecule has 1 fully saturated rings. The van der Waals surface area contributed by atoms with Crippen molar-refractivity contribution in [1.29, 1.82) is 0 Å². The Kier molecular flexibility index (Phi) is 4.43. The van der Waals surface area contributed by atoms with Crippen LogP contribution in [-0.2, 0) is 23.2 Å². The first-order valence-electron chi connectivity index (χ1n) is 10.2. The number of hydrogen-bond acceptors (Lipinski definition) is 5. The molecule has 1 N–H and O–H groups in total. The summed E-state index contributed by atoms with van der Waals surface area (Å²) < 4.78 is 1.83. The van der Waals surface area contributed by atoms with Gasteiger partial charge in [0.2, 0.25) is 11.8 Å². The molecule has 4 heterocycles. The van der Waals surface area contributed by atoms with Gasteiger partial charge in [0.15, 0.2) is 0 Å². The lowest BCUT2D eigenvalue weighted by molar-refractivity contribution is -0.136. The quantitative estimate of drug-likeness (QED) is 0.662. The van der Waals surface area contributed by atoms with Crippen molar-refractivity contribution in [2.75, 3.05) is 0 Å². The van der Waals surface area contributed by atoms with Crippen molar-refractivity contribution in [3.05, 3.63) is 59.5 Å². The molecule has 8 nitrogen and oxygen atoms in total. The Morgan fingerprint density at radius 1 is 1.06 bits per heavy atom. The van der Waals surface area contributed by atoms with Crippen LogP contribution in [0.25, 0.3) is 22.4 Å². The molecule has 2 aliphatic heterocycles. The van der Waals surface area contributed by atoms with Crippen LogP contribution in [-0.4, -0.2) is 43.4 Å². The number of aromatic nitrogens is 3. The lowest BCUT2D eigenvalue weighted by Crippen LogP contribution is -2.52. The molecule has 2 aliphatic rings. The second kappa shape index (κ2) is 7.16. The van der Waals surface area contributed by atoms with Crippen LogP contribution in [0.4, 0.5) is 0 Å². The number of hydrogen-bond donors (Lipinski definition) is 1. The number of imide groups is 1. The number of rotatable bonds is 3. The predicted molar refractivity (Wildman–Crippen MR) is 113 cm³/mol. The summed E-state index contributed by atoms with van der Waals surface area (Å²) in [6, 6.07) is 9.08. The first-order valence-corrected chi connectivity index (χ1v) is 10.2. The van der Waals surface area contributed by atoms with Gasteiger partial charge < -0.3 is 4.90 Å². The highest BCUT2D eigenvalue weighted by molar-refractivity contribution is 6.05. The van der Waals surface area contributed by atoms with E-state index in [9.17, 15) is 14.4 Å². The molecule has 2 aromatic heterocycles. The zero-order chi connectivity index (χ0) is 21.7. The summed E-state index contributed by atoms with van der Waals surface area (Å²) in [5, 5.41) is 6.78. The maximum absolute atomic E-state index is 12.9. The maximum Gasteiger partial charge on any atom is 0.255 e. The second-order valence-electron chi connectivity index (χ2n) is 7.99. The van der Waals surface area contributed by atoms with Gasteiger partial charge in [-0.15, -0.1) is 0 Å². The van der Waals surface area contributed by atoms with E-state index in [2.05, 4.69) is 15.4 Å². The summed E-state index contributed by atoms with van der Waals surface area (Å²) >= 11 is 0. The Balaban J connectivity index is 1.50. The number of benzene rings is 1. The largest absolute Gasteiger partial charge is 0.322 e. The molecular formula is C23H21N5O3. The van der Waals surface area contributed by atoms with Crippen LogP contribution in [0.15, 0.2) is 42.7 Å². The third kappa shape index (κ3) is 3.20. The Hall–Kier alpha value is -3.81. The van der Waals surface area contributed by atoms with Gasteiger partial charge in [-0.25, -0.2) is 0 Å². The number of nitrogens with zero attached hydrogens (tertiary/aromatic N) is 4. The van der Waals surface area contributed by atoms with E-state index < -0.39 is 11.9 Å². The number of piperidine rings is 1. The van der Waals surface area contributed by atoms with Gasteiger partial charge in [0.1, 0.15) is 6.04 Å². The van der Waals surface area contributed by atoms with Crippen molar-refractivity contribution in [1.82, 2.24) is 25.0 Å². The third-order valence-electron chi connectivity index (χ3n) is 5.94. The minimum Gasteiger partial charge on any atom is -0.322 e. The Bertz CT molecular complexity index is 1250. The lowest BCUT2D eigenvalue weighted by Gasteiger charge is -2.29. The van der Waals surface area contributed by atoms with Gasteiger partial charge in [-0.3, -0.25) is 29.4 Å². The molecule has 0 spiro atoms. The van der Waals surface area contributed by atoms with E-state index in [0.717, 1.165) is 33.6 Å². The normalized spacial score (nSPS) is 18.3. The standard InChI is InChI=1S/C23H21N5O3/c1-13-9-15(7-8-24-13)21-18(11-25-27(21)2)14-3-4-17-16(10-14)12-28(23(17)31)19-5-6-20(29)26-22(19)30/h3-4,7-11,19H,5-6,12H2,1-2H3,(H,26,29,30). The number of nitrogens with one attached hydrogen (secondary N) is 1. The number of pyridine rings is 1. The predicted octanol–water partition coefficient (Wildman–Crippen LogP) is 2.22. The molecule has 1 aromatic carbocycles. The fourth-order valence-corrected chi connectivity index (χ4v) is 4.43. The average molecular weight is 415 g/mol. The number of fused-ring (bicyclic) bond motifs is 1. The second-order valence-corrected chi connectivity index (χ2v) is 7.99. The van der Waals surface area contributed by atoms with Crippen LogP contribution in [0.3, 0.4) is 0 Å². The van der Waals surface area contributed by atoms with E-state index in [-0.39, 0.29) is 18.2 Å². The van der Waals surface area contributed by atoms with E-state index in [1.807, 2.05) is 55.2 Å². The van der Waals surface area contributed by atoms with Crippen molar-refractivity contribution in [3.8, 4) is 22.4 Å². The summed E-state index contributed by atoms with van der Waals surface area (Å²) in [5.41, 5.74) is 6.29. The minimum absolute atomic E-state index is 0.174. The SMILES string of the molecule is Cc1cc(-c2c(-c3ccc4c(c3)CN(C3CCC(=O)NC3=O)C4=O)cnn2C)ccn1. The Morgan fingerprint density at radius 2 is 1.90 bits per heavy atom. The van der Waals surface area contributed by atoms with Crippen LogP contribution in [0, 0.1) is 6.92 Å². The van der Waals surface area contributed by atoms with Crippen LogP contribution in [0.5, 0.6) is 0 Å². The summed E-state index contributed by atoms with van der Waals surface area (Å²) in [5.74, 6) is -0.865. The van der Waals surface area contributed by atoms with Crippen molar-refractivity contribution >= 4 is 17.7 Å². The molecule has 1 saturated heterocycles. The molecule has 1 atom stereocenters. The smallest absolute Gasteiger partial charge is 0.255 e. The minimum atomic E-state index is -0.616. The molecule has 8 heteroatoms.